The summed E-state index contributed by atoms with van der Waals surface area (Å²) in [7, 11) is 1.61. The third-order valence-corrected chi connectivity index (χ3v) is 3.70. The van der Waals surface area contributed by atoms with Crippen LogP contribution in [0.3, 0.4) is 0 Å². The number of methoxy groups -OCH3 is 1. The molecule has 8 heteroatoms. The Labute approximate surface area is 130 Å². The van der Waals surface area contributed by atoms with E-state index in [9.17, 15) is 0 Å². The third-order valence-electron chi connectivity index (χ3n) is 2.33. The summed E-state index contributed by atoms with van der Waals surface area (Å²) in [6.07, 6.45) is 0. The van der Waals surface area contributed by atoms with E-state index in [1.54, 1.807) is 19.2 Å². The molecule has 1 heterocycles. The van der Waals surface area contributed by atoms with Crippen LogP contribution in [-0.4, -0.2) is 30.5 Å². The normalized spacial score (nSPS) is 10.6. The smallest absolute Gasteiger partial charge is 0.210 e. The first-order valence-electron chi connectivity index (χ1n) is 5.78. The first-order valence-corrected chi connectivity index (χ1v) is 7.35. The van der Waals surface area contributed by atoms with Gasteiger partial charge in [0, 0.05) is 13.2 Å². The molecular weight excluding hydrogens is 321 g/mol. The largest absolute Gasteiger partial charge is 0.490 e. The molecule has 1 aromatic carbocycles. The van der Waals surface area contributed by atoms with Crippen LogP contribution in [0.4, 0.5) is 10.8 Å². The maximum Gasteiger partial charge on any atom is 0.210 e. The van der Waals surface area contributed by atoms with Gasteiger partial charge >= 0.3 is 0 Å². The molecule has 0 aliphatic heterocycles. The van der Waals surface area contributed by atoms with Crippen LogP contribution < -0.4 is 10.1 Å². The number of halogens is 2. The van der Waals surface area contributed by atoms with E-state index < -0.39 is 0 Å². The highest BCUT2D eigenvalue weighted by atomic mass is 35.5. The van der Waals surface area contributed by atoms with Crippen molar-refractivity contribution in [1.29, 1.82) is 0 Å². The van der Waals surface area contributed by atoms with E-state index in [2.05, 4.69) is 15.5 Å². The molecule has 0 amide bonds. The highest BCUT2D eigenvalue weighted by Crippen LogP contribution is 2.36. The average molecular weight is 334 g/mol. The molecule has 0 saturated heterocycles. The standard InChI is InChI=1S/C12H13Cl2N3O2S/c1-7-16-17-12(20-7)15-10-6-11(19-4-3-18-2)9(14)5-8(10)13/h5-6H,3-4H2,1-2H3,(H,15,17). The molecule has 1 N–H and O–H groups in total. The second kappa shape index (κ2) is 7.08. The van der Waals surface area contributed by atoms with Crippen LogP contribution >= 0.6 is 34.5 Å². The molecule has 0 saturated carbocycles. The van der Waals surface area contributed by atoms with Crippen molar-refractivity contribution in [3.05, 3.63) is 27.2 Å². The molecule has 2 rings (SSSR count). The number of benzene rings is 1. The van der Waals surface area contributed by atoms with Crippen LogP contribution in [0.5, 0.6) is 5.75 Å². The summed E-state index contributed by atoms with van der Waals surface area (Å²) in [5.74, 6) is 0.539. The van der Waals surface area contributed by atoms with Gasteiger partial charge in [0.25, 0.3) is 0 Å². The predicted octanol–water partition coefficient (Wildman–Crippen LogP) is 3.92. The van der Waals surface area contributed by atoms with Crippen LogP contribution in [0.15, 0.2) is 12.1 Å². The van der Waals surface area contributed by atoms with E-state index in [1.807, 2.05) is 6.92 Å². The van der Waals surface area contributed by atoms with Gasteiger partial charge in [-0.05, 0) is 13.0 Å². The number of anilines is 2. The number of nitrogens with zero attached hydrogens (tertiary/aromatic N) is 2. The Morgan fingerprint density at radius 2 is 2.00 bits per heavy atom. The second-order valence-corrected chi connectivity index (χ2v) is 5.85. The highest BCUT2D eigenvalue weighted by molar-refractivity contribution is 7.15. The molecule has 108 valence electrons. The lowest BCUT2D eigenvalue weighted by Crippen LogP contribution is -2.05. The lowest BCUT2D eigenvalue weighted by molar-refractivity contribution is 0.146. The van der Waals surface area contributed by atoms with Gasteiger partial charge in [0.1, 0.15) is 17.4 Å². The number of hydrogen-bond donors (Lipinski definition) is 1. The zero-order valence-electron chi connectivity index (χ0n) is 10.9. The molecular formula is C12H13Cl2N3O2S. The van der Waals surface area contributed by atoms with Crippen LogP contribution in [0.2, 0.25) is 10.0 Å². The van der Waals surface area contributed by atoms with E-state index >= 15 is 0 Å². The Bertz CT molecular complexity index is 592. The summed E-state index contributed by atoms with van der Waals surface area (Å²) in [5.41, 5.74) is 0.666. The van der Waals surface area contributed by atoms with E-state index in [4.69, 9.17) is 32.7 Å². The number of aryl methyl sites for hydroxylation is 1. The van der Waals surface area contributed by atoms with Gasteiger partial charge in [-0.1, -0.05) is 34.5 Å². The SMILES string of the molecule is COCCOc1cc(Nc2nnc(C)s2)c(Cl)cc1Cl. The van der Waals surface area contributed by atoms with Gasteiger partial charge in [-0.2, -0.15) is 0 Å². The van der Waals surface area contributed by atoms with Crippen molar-refractivity contribution in [2.45, 2.75) is 6.92 Å². The molecule has 0 atom stereocenters. The summed E-state index contributed by atoms with van der Waals surface area (Å²) in [5, 5.41) is 13.5. The van der Waals surface area contributed by atoms with E-state index in [1.165, 1.54) is 11.3 Å². The minimum Gasteiger partial charge on any atom is -0.490 e. The zero-order valence-corrected chi connectivity index (χ0v) is 13.3. The van der Waals surface area contributed by atoms with Gasteiger partial charge in [0.05, 0.1) is 22.3 Å². The molecule has 1 aromatic heterocycles. The lowest BCUT2D eigenvalue weighted by atomic mass is 10.3. The molecule has 20 heavy (non-hydrogen) atoms. The minimum absolute atomic E-state index is 0.412. The van der Waals surface area contributed by atoms with Crippen LogP contribution in [0, 0.1) is 6.92 Å². The summed E-state index contributed by atoms with van der Waals surface area (Å²) in [6.45, 7) is 2.78. The average Bonchev–Trinajstić information content (AvgIpc) is 2.80. The number of aromatic nitrogens is 2. The maximum absolute atomic E-state index is 6.15. The van der Waals surface area contributed by atoms with Gasteiger partial charge in [0.15, 0.2) is 0 Å². The summed E-state index contributed by atoms with van der Waals surface area (Å²) < 4.78 is 10.5. The van der Waals surface area contributed by atoms with Gasteiger partial charge < -0.3 is 14.8 Å². The van der Waals surface area contributed by atoms with E-state index in [-0.39, 0.29) is 0 Å². The zero-order chi connectivity index (χ0) is 14.5. The fourth-order valence-corrected chi connectivity index (χ4v) is 2.52. The van der Waals surface area contributed by atoms with Crippen molar-refractivity contribution < 1.29 is 9.47 Å². The molecule has 0 aliphatic carbocycles. The fraction of sp³-hybridized carbons (Fsp3) is 0.333. The molecule has 5 nitrogen and oxygen atoms in total. The van der Waals surface area contributed by atoms with Crippen LogP contribution in [0.1, 0.15) is 5.01 Å². The summed E-state index contributed by atoms with van der Waals surface area (Å²) >= 11 is 13.7. The monoisotopic (exact) mass is 333 g/mol. The second-order valence-electron chi connectivity index (χ2n) is 3.85. The molecule has 0 spiro atoms. The van der Waals surface area contributed by atoms with Crippen LogP contribution in [-0.2, 0) is 4.74 Å². The third kappa shape index (κ3) is 3.96. The Hall–Kier alpha value is -1.08. The van der Waals surface area contributed by atoms with Gasteiger partial charge in [-0.15, -0.1) is 10.2 Å². The molecule has 0 aliphatic rings. The van der Waals surface area contributed by atoms with Crippen molar-refractivity contribution >= 4 is 45.4 Å². The number of ether oxygens (including phenoxy) is 2. The maximum atomic E-state index is 6.15. The summed E-state index contributed by atoms with van der Waals surface area (Å²) in [4.78, 5) is 0. The molecule has 0 unspecified atom stereocenters. The Kier molecular flexibility index (Phi) is 5.42. The highest BCUT2D eigenvalue weighted by Gasteiger charge is 2.10. The van der Waals surface area contributed by atoms with Crippen molar-refractivity contribution in [3.8, 4) is 5.75 Å². The molecule has 0 bridgehead atoms. The van der Waals surface area contributed by atoms with Crippen molar-refractivity contribution in [1.82, 2.24) is 10.2 Å². The van der Waals surface area contributed by atoms with Gasteiger partial charge in [-0.25, -0.2) is 0 Å². The molecule has 2 aromatic rings. The Balaban J connectivity index is 2.17. The van der Waals surface area contributed by atoms with Crippen molar-refractivity contribution in [2.24, 2.45) is 0 Å². The minimum atomic E-state index is 0.412. The number of rotatable bonds is 6. The van der Waals surface area contributed by atoms with E-state index in [0.717, 1.165) is 5.01 Å². The summed E-state index contributed by atoms with van der Waals surface area (Å²) in [6, 6.07) is 3.36. The quantitative estimate of drug-likeness (QED) is 0.812. The van der Waals surface area contributed by atoms with E-state index in [0.29, 0.717) is 39.8 Å². The van der Waals surface area contributed by atoms with Gasteiger partial charge in [-0.3, -0.25) is 0 Å². The van der Waals surface area contributed by atoms with Crippen molar-refractivity contribution in [2.75, 3.05) is 25.6 Å². The Morgan fingerprint density at radius 1 is 1.20 bits per heavy atom. The Morgan fingerprint density at radius 3 is 2.65 bits per heavy atom. The number of hydrogen-bond acceptors (Lipinski definition) is 6. The lowest BCUT2D eigenvalue weighted by Gasteiger charge is -2.11. The molecule has 0 fully saturated rings. The van der Waals surface area contributed by atoms with Gasteiger partial charge in [0.2, 0.25) is 5.13 Å². The first kappa shape index (κ1) is 15.3. The fourth-order valence-electron chi connectivity index (χ4n) is 1.43. The topological polar surface area (TPSA) is 56.3 Å². The first-order chi connectivity index (χ1) is 9.60. The predicted molar refractivity (Wildman–Crippen MR) is 81.8 cm³/mol. The van der Waals surface area contributed by atoms with Crippen molar-refractivity contribution in [3.63, 3.8) is 0 Å². The molecule has 0 radical (unpaired) electrons. The number of nitrogens with one attached hydrogen (secondary N) is 1. The van der Waals surface area contributed by atoms with Crippen LogP contribution in [0.25, 0.3) is 0 Å².